The van der Waals surface area contributed by atoms with Gasteiger partial charge in [0.15, 0.2) is 5.69 Å². The summed E-state index contributed by atoms with van der Waals surface area (Å²) < 4.78 is 1.70. The van der Waals surface area contributed by atoms with E-state index in [0.29, 0.717) is 5.69 Å². The van der Waals surface area contributed by atoms with Gasteiger partial charge in [0.25, 0.3) is 5.91 Å². The largest absolute Gasteiger partial charge is 0.320 e. The first-order chi connectivity index (χ1) is 12.0. The van der Waals surface area contributed by atoms with Gasteiger partial charge in [-0.2, -0.15) is 0 Å². The molecule has 0 fully saturated rings. The topological polar surface area (TPSA) is 59.8 Å². The van der Waals surface area contributed by atoms with E-state index in [2.05, 4.69) is 36.4 Å². The van der Waals surface area contributed by atoms with Gasteiger partial charge in [0.05, 0.1) is 11.4 Å². The molecule has 1 amide bonds. The highest BCUT2D eigenvalue weighted by Crippen LogP contribution is 2.19. The molecule has 5 nitrogen and oxygen atoms in total. The minimum Gasteiger partial charge on any atom is -0.320 e. The lowest BCUT2D eigenvalue weighted by Crippen LogP contribution is -2.15. The van der Waals surface area contributed by atoms with Crippen molar-refractivity contribution in [1.29, 1.82) is 0 Å². The van der Waals surface area contributed by atoms with E-state index in [9.17, 15) is 4.79 Å². The minimum absolute atomic E-state index is 0.242. The zero-order valence-electron chi connectivity index (χ0n) is 15.0. The Morgan fingerprint density at radius 1 is 1.08 bits per heavy atom. The number of benzene rings is 2. The van der Waals surface area contributed by atoms with E-state index < -0.39 is 0 Å². The van der Waals surface area contributed by atoms with E-state index in [-0.39, 0.29) is 5.91 Å². The second kappa shape index (κ2) is 6.89. The van der Waals surface area contributed by atoms with Crippen LogP contribution in [0.4, 0.5) is 5.69 Å². The fraction of sp³-hybridized carbons (Fsp3) is 0.250. The highest BCUT2D eigenvalue weighted by Gasteiger charge is 2.18. The van der Waals surface area contributed by atoms with Crippen LogP contribution >= 0.6 is 0 Å². The number of nitrogens with zero attached hydrogens (tertiary/aromatic N) is 3. The van der Waals surface area contributed by atoms with Crippen molar-refractivity contribution in [2.45, 2.75) is 34.1 Å². The highest BCUT2D eigenvalue weighted by atomic mass is 16.2. The van der Waals surface area contributed by atoms with Gasteiger partial charge in [0.1, 0.15) is 0 Å². The second-order valence-corrected chi connectivity index (χ2v) is 6.17. The lowest BCUT2D eigenvalue weighted by atomic mass is 10.1. The van der Waals surface area contributed by atoms with Crippen LogP contribution in [-0.2, 0) is 6.42 Å². The van der Waals surface area contributed by atoms with Crippen molar-refractivity contribution >= 4 is 11.6 Å². The molecular weight excluding hydrogens is 312 g/mol. The Hall–Kier alpha value is -2.95. The van der Waals surface area contributed by atoms with Crippen molar-refractivity contribution in [2.24, 2.45) is 0 Å². The van der Waals surface area contributed by atoms with Gasteiger partial charge < -0.3 is 5.32 Å². The van der Waals surface area contributed by atoms with Crippen molar-refractivity contribution in [1.82, 2.24) is 15.0 Å². The molecular formula is C20H22N4O. The number of para-hydroxylation sites is 1. The first-order valence-electron chi connectivity index (χ1n) is 8.40. The molecule has 0 saturated carbocycles. The van der Waals surface area contributed by atoms with E-state index in [1.54, 1.807) is 4.68 Å². The minimum atomic E-state index is -0.242. The lowest BCUT2D eigenvalue weighted by Gasteiger charge is -2.09. The molecule has 3 aromatic rings. The number of hydrogen-bond donors (Lipinski definition) is 1. The third kappa shape index (κ3) is 3.31. The number of carbonyl (C=O) groups excluding carboxylic acids is 1. The molecule has 1 N–H and O–H groups in total. The molecule has 1 heterocycles. The summed E-state index contributed by atoms with van der Waals surface area (Å²) >= 11 is 0. The van der Waals surface area contributed by atoms with Crippen LogP contribution in [0.15, 0.2) is 42.5 Å². The molecule has 5 heteroatoms. The molecule has 0 saturated heterocycles. The molecule has 0 radical (unpaired) electrons. The fourth-order valence-electron chi connectivity index (χ4n) is 2.77. The Kier molecular flexibility index (Phi) is 4.65. The summed E-state index contributed by atoms with van der Waals surface area (Å²) in [6.45, 7) is 8.04. The standard InChI is InChI=1S/C20H22N4O/c1-5-16-8-6-7-9-18(16)21-20(25)19-15(4)24(23-22-19)17-11-10-13(2)14(3)12-17/h6-12H,5H2,1-4H3,(H,21,25). The fourth-order valence-corrected chi connectivity index (χ4v) is 2.77. The molecule has 0 aliphatic heterocycles. The zero-order chi connectivity index (χ0) is 18.0. The summed E-state index contributed by atoms with van der Waals surface area (Å²) in [7, 11) is 0. The summed E-state index contributed by atoms with van der Waals surface area (Å²) in [5, 5.41) is 11.2. The number of carbonyl (C=O) groups is 1. The van der Waals surface area contributed by atoms with Crippen LogP contribution in [0.5, 0.6) is 0 Å². The number of nitrogens with one attached hydrogen (secondary N) is 1. The van der Waals surface area contributed by atoms with Gasteiger partial charge in [-0.1, -0.05) is 36.4 Å². The number of aromatic nitrogens is 3. The monoisotopic (exact) mass is 334 g/mol. The van der Waals surface area contributed by atoms with Crippen LogP contribution in [0.25, 0.3) is 5.69 Å². The van der Waals surface area contributed by atoms with Crippen LogP contribution in [0.3, 0.4) is 0 Å². The lowest BCUT2D eigenvalue weighted by molar-refractivity contribution is 0.102. The molecule has 25 heavy (non-hydrogen) atoms. The third-order valence-corrected chi connectivity index (χ3v) is 4.49. The number of amides is 1. The van der Waals surface area contributed by atoms with Crippen molar-refractivity contribution in [3.05, 3.63) is 70.5 Å². The Labute approximate surface area is 147 Å². The van der Waals surface area contributed by atoms with Gasteiger partial charge in [0, 0.05) is 5.69 Å². The Morgan fingerprint density at radius 3 is 2.56 bits per heavy atom. The SMILES string of the molecule is CCc1ccccc1NC(=O)c1nnn(-c2ccc(C)c(C)c2)c1C. The van der Waals surface area contributed by atoms with Gasteiger partial charge >= 0.3 is 0 Å². The van der Waals surface area contributed by atoms with Crippen molar-refractivity contribution in [3.63, 3.8) is 0 Å². The summed E-state index contributed by atoms with van der Waals surface area (Å²) in [6, 6.07) is 13.9. The predicted octanol–water partition coefficient (Wildman–Crippen LogP) is 4.01. The zero-order valence-corrected chi connectivity index (χ0v) is 15.0. The van der Waals surface area contributed by atoms with Gasteiger partial charge in [-0.25, -0.2) is 4.68 Å². The maximum Gasteiger partial charge on any atom is 0.278 e. The molecule has 0 bridgehead atoms. The molecule has 0 atom stereocenters. The van der Waals surface area contributed by atoms with Crippen molar-refractivity contribution in [3.8, 4) is 5.69 Å². The number of hydrogen-bond acceptors (Lipinski definition) is 3. The predicted molar refractivity (Wildman–Crippen MR) is 99.3 cm³/mol. The number of aryl methyl sites for hydroxylation is 3. The van der Waals surface area contributed by atoms with Crippen LogP contribution in [0.1, 0.15) is 39.8 Å². The third-order valence-electron chi connectivity index (χ3n) is 4.49. The second-order valence-electron chi connectivity index (χ2n) is 6.17. The molecule has 0 unspecified atom stereocenters. The Morgan fingerprint density at radius 2 is 1.84 bits per heavy atom. The number of anilines is 1. The van der Waals surface area contributed by atoms with Crippen LogP contribution in [-0.4, -0.2) is 20.9 Å². The normalized spacial score (nSPS) is 10.7. The first kappa shape index (κ1) is 16.9. The van der Waals surface area contributed by atoms with Crippen LogP contribution < -0.4 is 5.32 Å². The average Bonchev–Trinajstić information content (AvgIpc) is 2.99. The maximum absolute atomic E-state index is 12.6. The molecule has 128 valence electrons. The summed E-state index contributed by atoms with van der Waals surface area (Å²) in [6.07, 6.45) is 0.852. The van der Waals surface area contributed by atoms with E-state index >= 15 is 0 Å². The molecule has 0 spiro atoms. The average molecular weight is 334 g/mol. The van der Waals surface area contributed by atoms with E-state index in [1.165, 1.54) is 11.1 Å². The Bertz CT molecular complexity index is 927. The van der Waals surface area contributed by atoms with E-state index in [1.807, 2.05) is 49.4 Å². The summed E-state index contributed by atoms with van der Waals surface area (Å²) in [5.41, 5.74) is 6.26. The molecule has 1 aromatic heterocycles. The molecule has 0 aliphatic rings. The van der Waals surface area contributed by atoms with Gasteiger partial charge in [0.2, 0.25) is 0 Å². The quantitative estimate of drug-likeness (QED) is 0.784. The van der Waals surface area contributed by atoms with E-state index in [0.717, 1.165) is 29.1 Å². The van der Waals surface area contributed by atoms with Gasteiger partial charge in [-0.15, -0.1) is 5.10 Å². The summed E-state index contributed by atoms with van der Waals surface area (Å²) in [5.74, 6) is -0.242. The summed E-state index contributed by atoms with van der Waals surface area (Å²) in [4.78, 5) is 12.6. The van der Waals surface area contributed by atoms with Gasteiger partial charge in [-0.3, -0.25) is 4.79 Å². The smallest absolute Gasteiger partial charge is 0.278 e. The first-order valence-corrected chi connectivity index (χ1v) is 8.40. The maximum atomic E-state index is 12.6. The van der Waals surface area contributed by atoms with Crippen molar-refractivity contribution in [2.75, 3.05) is 5.32 Å². The molecule has 2 aromatic carbocycles. The van der Waals surface area contributed by atoms with Crippen molar-refractivity contribution < 1.29 is 4.79 Å². The van der Waals surface area contributed by atoms with Gasteiger partial charge in [-0.05, 0) is 62.1 Å². The number of rotatable bonds is 4. The molecule has 0 aliphatic carbocycles. The Balaban J connectivity index is 1.90. The highest BCUT2D eigenvalue weighted by molar-refractivity contribution is 6.04. The molecule has 3 rings (SSSR count). The van der Waals surface area contributed by atoms with Crippen LogP contribution in [0.2, 0.25) is 0 Å². The van der Waals surface area contributed by atoms with E-state index in [4.69, 9.17) is 0 Å². The van der Waals surface area contributed by atoms with Crippen LogP contribution in [0, 0.1) is 20.8 Å².